The topological polar surface area (TPSA) is 67.6 Å². The van der Waals surface area contributed by atoms with E-state index in [9.17, 15) is 0 Å². The lowest BCUT2D eigenvalue weighted by atomic mass is 10.2. The zero-order valence-electron chi connectivity index (χ0n) is 11.3. The molecule has 0 aliphatic carbocycles. The van der Waals surface area contributed by atoms with Gasteiger partial charge in [0.1, 0.15) is 17.4 Å². The fraction of sp³-hybridized carbons (Fsp3) is 0.133. The maximum absolute atomic E-state index is 5.90. The smallest absolute Gasteiger partial charge is 0.186 e. The van der Waals surface area contributed by atoms with Crippen LogP contribution in [0.1, 0.15) is 12.6 Å². The van der Waals surface area contributed by atoms with Crippen LogP contribution in [0.4, 0.5) is 0 Å². The highest BCUT2D eigenvalue weighted by atomic mass is 32.2. The predicted octanol–water partition coefficient (Wildman–Crippen LogP) is 3.81. The second-order valence-electron chi connectivity index (χ2n) is 4.62. The van der Waals surface area contributed by atoms with E-state index < -0.39 is 0 Å². The van der Waals surface area contributed by atoms with Crippen LogP contribution in [0.2, 0.25) is 0 Å². The van der Waals surface area contributed by atoms with Crippen molar-refractivity contribution >= 4 is 33.8 Å². The Morgan fingerprint density at radius 2 is 2.10 bits per heavy atom. The molecule has 0 amide bonds. The number of H-pyrrole nitrogens is 1. The third kappa shape index (κ3) is 2.08. The standard InChI is InChI=1S/C15H12N4OS/c1-2-9-7-16-15(19-9)21-14-13-12(17-8-18-14)10-5-3-4-6-11(10)20-13/h3-8H,2H2,1H3,(H,16,19). The Labute approximate surface area is 124 Å². The molecule has 21 heavy (non-hydrogen) atoms. The number of aryl methyl sites for hydroxylation is 1. The molecular weight excluding hydrogens is 284 g/mol. The molecule has 0 fully saturated rings. The summed E-state index contributed by atoms with van der Waals surface area (Å²) in [4.78, 5) is 16.3. The molecule has 6 heteroatoms. The minimum Gasteiger partial charge on any atom is -0.451 e. The van der Waals surface area contributed by atoms with E-state index >= 15 is 0 Å². The number of nitrogens with one attached hydrogen (secondary N) is 1. The number of nitrogens with zero attached hydrogens (tertiary/aromatic N) is 3. The summed E-state index contributed by atoms with van der Waals surface area (Å²) in [7, 11) is 0. The van der Waals surface area contributed by atoms with E-state index in [1.54, 1.807) is 6.33 Å². The lowest BCUT2D eigenvalue weighted by Gasteiger charge is -1.97. The molecule has 4 rings (SSSR count). The molecule has 104 valence electrons. The highest BCUT2D eigenvalue weighted by Crippen LogP contribution is 2.34. The first kappa shape index (κ1) is 12.4. The van der Waals surface area contributed by atoms with Crippen molar-refractivity contribution in [3.63, 3.8) is 0 Å². The molecule has 0 aliphatic rings. The van der Waals surface area contributed by atoms with Crippen molar-refractivity contribution in [1.82, 2.24) is 19.9 Å². The van der Waals surface area contributed by atoms with Gasteiger partial charge in [0.15, 0.2) is 15.8 Å². The van der Waals surface area contributed by atoms with E-state index in [2.05, 4.69) is 26.9 Å². The molecule has 0 spiro atoms. The number of furan rings is 1. The number of hydrogen-bond donors (Lipinski definition) is 1. The predicted molar refractivity (Wildman–Crippen MR) is 81.4 cm³/mol. The SMILES string of the molecule is CCc1cnc(Sc2ncnc3c2oc2ccccc23)[nH]1. The van der Waals surface area contributed by atoms with Crippen LogP contribution in [0, 0.1) is 0 Å². The number of hydrogen-bond acceptors (Lipinski definition) is 5. The van der Waals surface area contributed by atoms with Gasteiger partial charge < -0.3 is 9.40 Å². The van der Waals surface area contributed by atoms with Crippen molar-refractivity contribution in [1.29, 1.82) is 0 Å². The second-order valence-corrected chi connectivity index (χ2v) is 5.60. The minimum absolute atomic E-state index is 0.707. The van der Waals surface area contributed by atoms with Crippen molar-refractivity contribution in [2.45, 2.75) is 23.5 Å². The van der Waals surface area contributed by atoms with E-state index in [0.717, 1.165) is 38.8 Å². The molecule has 1 N–H and O–H groups in total. The molecule has 0 bridgehead atoms. The summed E-state index contributed by atoms with van der Waals surface area (Å²) in [5, 5.41) is 2.59. The Kier molecular flexibility index (Phi) is 2.89. The summed E-state index contributed by atoms with van der Waals surface area (Å²) in [6.45, 7) is 2.09. The summed E-state index contributed by atoms with van der Waals surface area (Å²) in [5.41, 5.74) is 3.47. The quantitative estimate of drug-likeness (QED) is 0.582. The normalized spacial score (nSPS) is 11.5. The van der Waals surface area contributed by atoms with Crippen molar-refractivity contribution in [2.75, 3.05) is 0 Å². The van der Waals surface area contributed by atoms with Crippen molar-refractivity contribution in [3.8, 4) is 0 Å². The summed E-state index contributed by atoms with van der Waals surface area (Å²) >= 11 is 1.46. The molecule has 0 saturated heterocycles. The Hall–Kier alpha value is -2.34. The second kappa shape index (κ2) is 4.89. The lowest BCUT2D eigenvalue weighted by Crippen LogP contribution is -1.85. The van der Waals surface area contributed by atoms with E-state index in [0.29, 0.717) is 5.58 Å². The molecule has 3 aromatic heterocycles. The molecule has 0 unspecified atom stereocenters. The molecule has 0 saturated carbocycles. The number of imidazole rings is 1. The van der Waals surface area contributed by atoms with Crippen LogP contribution in [0.3, 0.4) is 0 Å². The van der Waals surface area contributed by atoms with Gasteiger partial charge in [-0.15, -0.1) is 0 Å². The number of para-hydroxylation sites is 1. The Morgan fingerprint density at radius 3 is 2.95 bits per heavy atom. The number of aromatic amines is 1. The van der Waals surface area contributed by atoms with E-state index in [1.165, 1.54) is 11.8 Å². The number of aromatic nitrogens is 4. The van der Waals surface area contributed by atoms with E-state index in [4.69, 9.17) is 4.42 Å². The Bertz CT molecular complexity index is 928. The molecule has 0 radical (unpaired) electrons. The average Bonchev–Trinajstić information content (AvgIpc) is 3.12. The van der Waals surface area contributed by atoms with Gasteiger partial charge >= 0.3 is 0 Å². The van der Waals surface area contributed by atoms with Crippen molar-refractivity contribution < 1.29 is 4.42 Å². The maximum Gasteiger partial charge on any atom is 0.186 e. The third-order valence-corrected chi connectivity index (χ3v) is 4.19. The summed E-state index contributed by atoms with van der Waals surface area (Å²) < 4.78 is 5.90. The van der Waals surface area contributed by atoms with Gasteiger partial charge in [-0.05, 0) is 30.3 Å². The van der Waals surface area contributed by atoms with Gasteiger partial charge in [-0.25, -0.2) is 15.0 Å². The zero-order chi connectivity index (χ0) is 14.2. The molecule has 1 aromatic carbocycles. The van der Waals surface area contributed by atoms with Crippen LogP contribution < -0.4 is 0 Å². The van der Waals surface area contributed by atoms with E-state index in [1.807, 2.05) is 30.5 Å². The summed E-state index contributed by atoms with van der Waals surface area (Å²) in [6, 6.07) is 7.87. The Balaban J connectivity index is 1.84. The molecule has 4 aromatic rings. The van der Waals surface area contributed by atoms with Crippen molar-refractivity contribution in [3.05, 3.63) is 42.5 Å². The van der Waals surface area contributed by atoms with Gasteiger partial charge in [0.2, 0.25) is 0 Å². The fourth-order valence-corrected chi connectivity index (χ4v) is 3.04. The molecule has 5 nitrogen and oxygen atoms in total. The van der Waals surface area contributed by atoms with Gasteiger partial charge in [-0.2, -0.15) is 0 Å². The van der Waals surface area contributed by atoms with Gasteiger partial charge in [0, 0.05) is 17.3 Å². The summed E-state index contributed by atoms with van der Waals surface area (Å²) in [6.07, 6.45) is 4.34. The molecule has 0 atom stereocenters. The number of fused-ring (bicyclic) bond motifs is 3. The van der Waals surface area contributed by atoms with Crippen LogP contribution in [-0.4, -0.2) is 19.9 Å². The zero-order valence-corrected chi connectivity index (χ0v) is 12.1. The van der Waals surface area contributed by atoms with Crippen LogP contribution >= 0.6 is 11.8 Å². The van der Waals surface area contributed by atoms with Crippen molar-refractivity contribution in [2.24, 2.45) is 0 Å². The van der Waals surface area contributed by atoms with Crippen LogP contribution in [0.5, 0.6) is 0 Å². The van der Waals surface area contributed by atoms with Crippen LogP contribution in [0.15, 0.2) is 51.4 Å². The highest BCUT2D eigenvalue weighted by molar-refractivity contribution is 7.99. The first-order chi connectivity index (χ1) is 10.3. The lowest BCUT2D eigenvalue weighted by molar-refractivity contribution is 0.653. The van der Waals surface area contributed by atoms with Gasteiger partial charge in [0.25, 0.3) is 0 Å². The number of rotatable bonds is 3. The van der Waals surface area contributed by atoms with Gasteiger partial charge in [-0.1, -0.05) is 19.1 Å². The Morgan fingerprint density at radius 1 is 1.19 bits per heavy atom. The first-order valence-corrected chi connectivity index (χ1v) is 7.51. The van der Waals surface area contributed by atoms with Gasteiger partial charge in [-0.3, -0.25) is 0 Å². The maximum atomic E-state index is 5.90. The highest BCUT2D eigenvalue weighted by Gasteiger charge is 2.14. The first-order valence-electron chi connectivity index (χ1n) is 6.69. The van der Waals surface area contributed by atoms with Crippen LogP contribution in [0.25, 0.3) is 22.1 Å². The van der Waals surface area contributed by atoms with E-state index in [-0.39, 0.29) is 0 Å². The van der Waals surface area contributed by atoms with Crippen LogP contribution in [-0.2, 0) is 6.42 Å². The monoisotopic (exact) mass is 296 g/mol. The minimum atomic E-state index is 0.707. The average molecular weight is 296 g/mol. The molecule has 0 aliphatic heterocycles. The largest absolute Gasteiger partial charge is 0.451 e. The molecular formula is C15H12N4OS. The van der Waals surface area contributed by atoms with Gasteiger partial charge in [0.05, 0.1) is 0 Å². The molecule has 3 heterocycles. The number of benzene rings is 1. The summed E-state index contributed by atoms with van der Waals surface area (Å²) in [5.74, 6) is 0. The third-order valence-electron chi connectivity index (χ3n) is 3.30. The fourth-order valence-electron chi connectivity index (χ4n) is 2.24.